The molecule has 0 unspecified atom stereocenters. The number of rotatable bonds is 5. The van der Waals surface area contributed by atoms with E-state index in [0.717, 1.165) is 18.4 Å². The Kier molecular flexibility index (Phi) is 5.24. The van der Waals surface area contributed by atoms with Crippen LogP contribution in [-0.2, 0) is 19.4 Å². The molecule has 1 aliphatic rings. The summed E-state index contributed by atoms with van der Waals surface area (Å²) in [4.78, 5) is 12.4. The summed E-state index contributed by atoms with van der Waals surface area (Å²) in [6.45, 7) is 6.15. The molecule has 1 aromatic carbocycles. The van der Waals surface area contributed by atoms with E-state index in [1.165, 1.54) is 6.92 Å². The van der Waals surface area contributed by atoms with Crippen LogP contribution in [0.1, 0.15) is 30.9 Å². The molecule has 1 aliphatic heterocycles. The lowest BCUT2D eigenvalue weighted by atomic mass is 10.2. The molecule has 0 bridgehead atoms. The first kappa shape index (κ1) is 17.0. The Morgan fingerprint density at radius 2 is 2.14 bits per heavy atom. The summed E-state index contributed by atoms with van der Waals surface area (Å²) >= 11 is 0. The van der Waals surface area contributed by atoms with Crippen LogP contribution in [0.25, 0.3) is 0 Å². The molecule has 0 saturated carbocycles. The number of benzene rings is 1. The molecule has 0 spiro atoms. The summed E-state index contributed by atoms with van der Waals surface area (Å²) in [6, 6.07) is 5.13. The highest BCUT2D eigenvalue weighted by Crippen LogP contribution is 2.21. The molecular weight excluding hydrogens is 302 g/mol. The van der Waals surface area contributed by atoms with Crippen LogP contribution >= 0.6 is 0 Å². The Morgan fingerprint density at radius 3 is 2.73 bits per heavy atom. The molecule has 1 saturated heterocycles. The Labute approximate surface area is 132 Å². The zero-order valence-corrected chi connectivity index (χ0v) is 14.1. The van der Waals surface area contributed by atoms with E-state index in [-0.39, 0.29) is 11.0 Å². The van der Waals surface area contributed by atoms with Crippen LogP contribution in [0.3, 0.4) is 0 Å². The van der Waals surface area contributed by atoms with Crippen molar-refractivity contribution in [2.75, 3.05) is 13.2 Å². The van der Waals surface area contributed by atoms with Gasteiger partial charge in [-0.05, 0) is 45.2 Å². The van der Waals surface area contributed by atoms with Crippen molar-refractivity contribution in [1.82, 2.24) is 5.32 Å². The van der Waals surface area contributed by atoms with Gasteiger partial charge in [-0.3, -0.25) is 4.79 Å². The van der Waals surface area contributed by atoms with Gasteiger partial charge >= 0.3 is 0 Å². The highest BCUT2D eigenvalue weighted by atomic mass is 32.2. The van der Waals surface area contributed by atoms with Gasteiger partial charge in [0.05, 0.1) is 11.0 Å². The van der Waals surface area contributed by atoms with Gasteiger partial charge in [-0.15, -0.1) is 0 Å². The van der Waals surface area contributed by atoms with Crippen LogP contribution in [0.5, 0.6) is 0 Å². The Hall–Kier alpha value is -1.40. The van der Waals surface area contributed by atoms with Gasteiger partial charge in [-0.2, -0.15) is 0 Å². The summed E-state index contributed by atoms with van der Waals surface area (Å²) < 4.78 is 30.6. The van der Waals surface area contributed by atoms with Crippen LogP contribution in [0, 0.1) is 13.8 Å². The van der Waals surface area contributed by atoms with Gasteiger partial charge in [0.25, 0.3) is 0 Å². The van der Waals surface area contributed by atoms with Gasteiger partial charge < -0.3 is 10.1 Å². The van der Waals surface area contributed by atoms with Gasteiger partial charge in [0.15, 0.2) is 9.84 Å². The lowest BCUT2D eigenvalue weighted by molar-refractivity contribution is -0.120. The number of amides is 1. The third-order valence-electron chi connectivity index (χ3n) is 4.00. The molecular formula is C16H23NO4S. The molecule has 1 N–H and O–H groups in total. The molecule has 0 aromatic heterocycles. The van der Waals surface area contributed by atoms with E-state index >= 15 is 0 Å². The standard InChI is InChI=1S/C16H23NO4S/c1-11-6-7-15(12(2)9-11)22(19,20)13(3)16(18)17-10-14-5-4-8-21-14/h6-7,9,13-14H,4-5,8,10H2,1-3H3,(H,17,18)/t13-,14+/m0/s1. The quantitative estimate of drug-likeness (QED) is 0.895. The molecule has 6 heteroatoms. The van der Waals surface area contributed by atoms with E-state index in [1.807, 2.05) is 13.0 Å². The Balaban J connectivity index is 2.08. The van der Waals surface area contributed by atoms with Crippen LogP contribution in [0.2, 0.25) is 0 Å². The third-order valence-corrected chi connectivity index (χ3v) is 6.22. The molecule has 122 valence electrons. The number of hydrogen-bond donors (Lipinski definition) is 1. The predicted molar refractivity (Wildman–Crippen MR) is 84.5 cm³/mol. The molecule has 22 heavy (non-hydrogen) atoms. The van der Waals surface area contributed by atoms with Crippen LogP contribution < -0.4 is 5.32 Å². The van der Waals surface area contributed by atoms with E-state index in [4.69, 9.17) is 4.74 Å². The molecule has 1 heterocycles. The van der Waals surface area contributed by atoms with Gasteiger partial charge in [0, 0.05) is 13.2 Å². The van der Waals surface area contributed by atoms with Gasteiger partial charge in [-0.25, -0.2) is 8.42 Å². The smallest absolute Gasteiger partial charge is 0.238 e. The Bertz CT molecular complexity index is 648. The highest BCUT2D eigenvalue weighted by Gasteiger charge is 2.31. The maximum atomic E-state index is 12.6. The summed E-state index contributed by atoms with van der Waals surface area (Å²) in [7, 11) is -3.68. The number of hydrogen-bond acceptors (Lipinski definition) is 4. The average Bonchev–Trinajstić information content (AvgIpc) is 2.96. The van der Waals surface area contributed by atoms with Gasteiger partial charge in [-0.1, -0.05) is 17.7 Å². The molecule has 1 fully saturated rings. The summed E-state index contributed by atoms with van der Waals surface area (Å²) in [5, 5.41) is 1.57. The number of sulfone groups is 1. The fraction of sp³-hybridized carbons (Fsp3) is 0.562. The fourth-order valence-corrected chi connectivity index (χ4v) is 4.12. The fourth-order valence-electron chi connectivity index (χ4n) is 2.61. The molecule has 2 atom stereocenters. The first-order chi connectivity index (χ1) is 10.3. The largest absolute Gasteiger partial charge is 0.376 e. The van der Waals surface area contributed by atoms with Crippen molar-refractivity contribution in [2.45, 2.75) is 49.9 Å². The summed E-state index contributed by atoms with van der Waals surface area (Å²) in [6.07, 6.45) is 1.88. The minimum atomic E-state index is -3.68. The van der Waals surface area contributed by atoms with Crippen molar-refractivity contribution in [1.29, 1.82) is 0 Å². The molecule has 2 rings (SSSR count). The van der Waals surface area contributed by atoms with Crippen molar-refractivity contribution in [3.8, 4) is 0 Å². The van der Waals surface area contributed by atoms with Crippen molar-refractivity contribution >= 4 is 15.7 Å². The predicted octanol–water partition coefficient (Wildman–Crippen LogP) is 1.76. The van der Waals surface area contributed by atoms with E-state index in [0.29, 0.717) is 18.7 Å². The maximum absolute atomic E-state index is 12.6. The first-order valence-electron chi connectivity index (χ1n) is 7.53. The van der Waals surface area contributed by atoms with E-state index in [9.17, 15) is 13.2 Å². The van der Waals surface area contributed by atoms with Gasteiger partial charge in [0.2, 0.25) is 5.91 Å². The maximum Gasteiger partial charge on any atom is 0.238 e. The number of nitrogens with one attached hydrogen (secondary N) is 1. The second-order valence-electron chi connectivity index (χ2n) is 5.84. The topological polar surface area (TPSA) is 72.5 Å². The SMILES string of the molecule is Cc1ccc(S(=O)(=O)[C@@H](C)C(=O)NC[C@H]2CCCO2)c(C)c1. The lowest BCUT2D eigenvalue weighted by Gasteiger charge is -2.17. The normalized spacial score (nSPS) is 19.9. The van der Waals surface area contributed by atoms with Crippen molar-refractivity contribution in [3.63, 3.8) is 0 Å². The van der Waals surface area contributed by atoms with E-state index in [2.05, 4.69) is 5.32 Å². The number of carbonyl (C=O) groups excluding carboxylic acids is 1. The van der Waals surface area contributed by atoms with E-state index in [1.54, 1.807) is 19.1 Å². The van der Waals surface area contributed by atoms with Crippen molar-refractivity contribution in [2.24, 2.45) is 0 Å². The zero-order chi connectivity index (χ0) is 16.3. The van der Waals surface area contributed by atoms with E-state index < -0.39 is 21.0 Å². The summed E-state index contributed by atoms with van der Waals surface area (Å²) in [5.74, 6) is -0.476. The second-order valence-corrected chi connectivity index (χ2v) is 8.07. The summed E-state index contributed by atoms with van der Waals surface area (Å²) in [5.41, 5.74) is 1.66. The molecule has 5 nitrogen and oxygen atoms in total. The highest BCUT2D eigenvalue weighted by molar-refractivity contribution is 7.92. The van der Waals surface area contributed by atoms with Crippen LogP contribution in [-0.4, -0.2) is 38.8 Å². The molecule has 1 aromatic rings. The van der Waals surface area contributed by atoms with Crippen molar-refractivity contribution < 1.29 is 17.9 Å². The monoisotopic (exact) mass is 325 g/mol. The number of carbonyl (C=O) groups is 1. The van der Waals surface area contributed by atoms with Crippen molar-refractivity contribution in [3.05, 3.63) is 29.3 Å². The lowest BCUT2D eigenvalue weighted by Crippen LogP contribution is -2.41. The molecule has 0 aliphatic carbocycles. The van der Waals surface area contributed by atoms with Crippen LogP contribution in [0.15, 0.2) is 23.1 Å². The minimum Gasteiger partial charge on any atom is -0.376 e. The van der Waals surface area contributed by atoms with Crippen LogP contribution in [0.4, 0.5) is 0 Å². The number of aryl methyl sites for hydroxylation is 2. The first-order valence-corrected chi connectivity index (χ1v) is 9.07. The second kappa shape index (κ2) is 6.79. The average molecular weight is 325 g/mol. The van der Waals surface area contributed by atoms with Gasteiger partial charge in [0.1, 0.15) is 5.25 Å². The third kappa shape index (κ3) is 3.67. The Morgan fingerprint density at radius 1 is 1.41 bits per heavy atom. The minimum absolute atomic E-state index is 0.0000323. The zero-order valence-electron chi connectivity index (χ0n) is 13.3. The number of ether oxygens (including phenoxy) is 1. The molecule has 0 radical (unpaired) electrons. The molecule has 1 amide bonds.